The highest BCUT2D eigenvalue weighted by Crippen LogP contribution is 2.27. The van der Waals surface area contributed by atoms with Crippen molar-refractivity contribution in [3.63, 3.8) is 0 Å². The Balaban J connectivity index is 1.70. The highest BCUT2D eigenvalue weighted by Gasteiger charge is 2.33. The number of hydrogen-bond donors (Lipinski definition) is 2. The number of benzene rings is 1. The van der Waals surface area contributed by atoms with Gasteiger partial charge in [0, 0.05) is 26.2 Å². The molecule has 0 unspecified atom stereocenters. The first-order valence-electron chi connectivity index (χ1n) is 8.34. The number of ether oxygens (including phenoxy) is 1. The molecule has 140 valence electrons. The molecule has 4 rings (SSSR count). The van der Waals surface area contributed by atoms with Gasteiger partial charge in [-0.15, -0.1) is 0 Å². The van der Waals surface area contributed by atoms with Crippen LogP contribution in [0.2, 0.25) is 0 Å². The summed E-state index contributed by atoms with van der Waals surface area (Å²) in [6, 6.07) is 5.71. The minimum Gasteiger partial charge on any atom is -0.502 e. The molecule has 0 fully saturated rings. The molecule has 0 atom stereocenters. The molecule has 1 amide bonds. The van der Waals surface area contributed by atoms with Crippen LogP contribution in [0.1, 0.15) is 32.0 Å². The lowest BCUT2D eigenvalue weighted by molar-refractivity contribution is 0.0661. The number of carbonyl (C=O) groups is 2. The molecule has 0 saturated carbocycles. The van der Waals surface area contributed by atoms with Crippen LogP contribution in [0.5, 0.6) is 11.5 Å². The number of rotatable bonds is 3. The number of nitrogens with zero attached hydrogens (tertiary/aromatic N) is 3. The van der Waals surface area contributed by atoms with Crippen LogP contribution in [0.15, 0.2) is 29.2 Å². The summed E-state index contributed by atoms with van der Waals surface area (Å²) < 4.78 is 6.68. The maximum atomic E-state index is 12.9. The Bertz CT molecular complexity index is 1030. The van der Waals surface area contributed by atoms with E-state index in [1.165, 1.54) is 9.58 Å². The molecule has 1 aromatic carbocycles. The average Bonchev–Trinajstić information content (AvgIpc) is 3.09. The van der Waals surface area contributed by atoms with Gasteiger partial charge < -0.3 is 19.8 Å². The molecule has 2 aromatic rings. The predicted octanol–water partition coefficient (Wildman–Crippen LogP) is 0.368. The number of aromatic hydroxyl groups is 1. The van der Waals surface area contributed by atoms with Crippen molar-refractivity contribution in [2.24, 2.45) is 0 Å². The number of hydrogen-bond acceptors (Lipinski definition) is 6. The first kappa shape index (κ1) is 17.0. The van der Waals surface area contributed by atoms with Crippen molar-refractivity contribution in [2.45, 2.75) is 13.0 Å². The second-order valence-electron chi connectivity index (χ2n) is 6.56. The number of pyridine rings is 1. The van der Waals surface area contributed by atoms with E-state index in [4.69, 9.17) is 9.84 Å². The summed E-state index contributed by atoms with van der Waals surface area (Å²) in [4.78, 5) is 37.6. The fourth-order valence-electron chi connectivity index (χ4n) is 3.42. The highest BCUT2D eigenvalue weighted by atomic mass is 16.5. The number of carboxylic acids is 1. The van der Waals surface area contributed by atoms with Gasteiger partial charge in [-0.25, -0.2) is 4.79 Å². The maximum absolute atomic E-state index is 12.9. The minimum atomic E-state index is -1.46. The third kappa shape index (κ3) is 2.67. The first-order chi connectivity index (χ1) is 12.9. The molecular weight excluding hydrogens is 354 g/mol. The van der Waals surface area contributed by atoms with Gasteiger partial charge in [-0.2, -0.15) is 0 Å². The summed E-state index contributed by atoms with van der Waals surface area (Å²) in [6.07, 6.45) is 1.87. The van der Waals surface area contributed by atoms with Gasteiger partial charge in [0.05, 0.1) is 6.61 Å². The quantitative estimate of drug-likeness (QED) is 0.801. The molecule has 0 spiro atoms. The standard InChI is InChI=1S/C18H17N3O6/c1-19-9-20(7-10-2-3-13-11(6-10)4-5-27-13)17(24)14-16(23)15(22)12(18(25)26)8-21(14)19/h2-3,6,8,23H,4-5,7,9H2,1H3,(H,25,26). The third-order valence-electron chi connectivity index (χ3n) is 4.76. The van der Waals surface area contributed by atoms with Gasteiger partial charge in [-0.1, -0.05) is 12.1 Å². The van der Waals surface area contributed by atoms with Crippen molar-refractivity contribution in [1.82, 2.24) is 9.58 Å². The Labute approximate surface area is 153 Å². The number of aromatic carboxylic acids is 1. The second kappa shape index (κ2) is 6.04. The average molecular weight is 371 g/mol. The summed E-state index contributed by atoms with van der Waals surface area (Å²) in [5, 5.41) is 20.9. The highest BCUT2D eigenvalue weighted by molar-refractivity contribution is 5.97. The number of amides is 1. The Morgan fingerprint density at radius 3 is 2.81 bits per heavy atom. The summed E-state index contributed by atoms with van der Waals surface area (Å²) in [5.41, 5.74) is 0.0626. The van der Waals surface area contributed by atoms with Crippen molar-refractivity contribution in [3.8, 4) is 11.5 Å². The molecule has 2 N–H and O–H groups in total. The SMILES string of the molecule is CN1CN(Cc2ccc3c(c2)CCO3)C(=O)c2c(O)c(=O)c(C(=O)O)cn21. The van der Waals surface area contributed by atoms with Crippen molar-refractivity contribution < 1.29 is 24.5 Å². The van der Waals surface area contributed by atoms with E-state index >= 15 is 0 Å². The lowest BCUT2D eigenvalue weighted by Gasteiger charge is -2.37. The lowest BCUT2D eigenvalue weighted by Crippen LogP contribution is -2.52. The van der Waals surface area contributed by atoms with Crippen molar-refractivity contribution in [1.29, 1.82) is 0 Å². The van der Waals surface area contributed by atoms with Gasteiger partial charge in [0.15, 0.2) is 11.4 Å². The lowest BCUT2D eigenvalue weighted by atomic mass is 10.1. The Kier molecular flexibility index (Phi) is 3.79. The summed E-state index contributed by atoms with van der Waals surface area (Å²) >= 11 is 0. The molecule has 27 heavy (non-hydrogen) atoms. The Morgan fingerprint density at radius 2 is 2.07 bits per heavy atom. The zero-order chi connectivity index (χ0) is 19.3. The summed E-state index contributed by atoms with van der Waals surface area (Å²) in [5.74, 6) is -2.03. The molecule has 3 heterocycles. The monoisotopic (exact) mass is 371 g/mol. The van der Waals surface area contributed by atoms with Gasteiger partial charge in [-0.05, 0) is 17.2 Å². The maximum Gasteiger partial charge on any atom is 0.341 e. The van der Waals surface area contributed by atoms with Gasteiger partial charge in [0.2, 0.25) is 5.43 Å². The van der Waals surface area contributed by atoms with Crippen LogP contribution in [0, 0.1) is 0 Å². The van der Waals surface area contributed by atoms with Crippen LogP contribution in [-0.2, 0) is 13.0 Å². The molecule has 0 radical (unpaired) electrons. The third-order valence-corrected chi connectivity index (χ3v) is 4.76. The van der Waals surface area contributed by atoms with Crippen molar-refractivity contribution in [2.75, 3.05) is 25.3 Å². The first-order valence-corrected chi connectivity index (χ1v) is 8.34. The number of carboxylic acid groups (broad SMARTS) is 1. The van der Waals surface area contributed by atoms with Crippen LogP contribution >= 0.6 is 0 Å². The van der Waals surface area contributed by atoms with Gasteiger partial charge in [0.1, 0.15) is 18.0 Å². The molecule has 2 aliphatic rings. The van der Waals surface area contributed by atoms with E-state index in [-0.39, 0.29) is 18.9 Å². The zero-order valence-corrected chi connectivity index (χ0v) is 14.5. The predicted molar refractivity (Wildman–Crippen MR) is 93.8 cm³/mol. The number of fused-ring (bicyclic) bond motifs is 2. The van der Waals surface area contributed by atoms with Crippen LogP contribution in [0.3, 0.4) is 0 Å². The van der Waals surface area contributed by atoms with E-state index in [1.807, 2.05) is 18.2 Å². The minimum absolute atomic E-state index is 0.167. The van der Waals surface area contributed by atoms with Crippen LogP contribution < -0.4 is 15.2 Å². The topological polar surface area (TPSA) is 112 Å². The second-order valence-corrected chi connectivity index (χ2v) is 6.56. The largest absolute Gasteiger partial charge is 0.502 e. The smallest absolute Gasteiger partial charge is 0.341 e. The van der Waals surface area contributed by atoms with Gasteiger partial charge >= 0.3 is 5.97 Å². The van der Waals surface area contributed by atoms with E-state index in [9.17, 15) is 19.5 Å². The molecule has 9 nitrogen and oxygen atoms in total. The fourth-order valence-corrected chi connectivity index (χ4v) is 3.42. The van der Waals surface area contributed by atoms with Gasteiger partial charge in [-0.3, -0.25) is 19.3 Å². The number of carbonyl (C=O) groups excluding carboxylic acids is 1. The fraction of sp³-hybridized carbons (Fsp3) is 0.278. The normalized spacial score (nSPS) is 15.4. The molecule has 2 aliphatic heterocycles. The van der Waals surface area contributed by atoms with Crippen LogP contribution in [0.25, 0.3) is 0 Å². The molecular formula is C18H17N3O6. The van der Waals surface area contributed by atoms with Crippen LogP contribution in [-0.4, -0.2) is 52.0 Å². The zero-order valence-electron chi connectivity index (χ0n) is 14.5. The Morgan fingerprint density at radius 1 is 1.30 bits per heavy atom. The van der Waals surface area contributed by atoms with E-state index in [0.717, 1.165) is 29.5 Å². The van der Waals surface area contributed by atoms with Crippen LogP contribution in [0.4, 0.5) is 0 Å². The Hall–Kier alpha value is -3.49. The van der Waals surface area contributed by atoms with Crippen molar-refractivity contribution >= 4 is 11.9 Å². The van der Waals surface area contributed by atoms with E-state index in [1.54, 1.807) is 12.1 Å². The van der Waals surface area contributed by atoms with E-state index in [0.29, 0.717) is 6.61 Å². The molecule has 1 aromatic heterocycles. The molecule has 0 aliphatic carbocycles. The van der Waals surface area contributed by atoms with E-state index < -0.39 is 28.6 Å². The molecule has 9 heteroatoms. The molecule has 0 bridgehead atoms. The summed E-state index contributed by atoms with van der Waals surface area (Å²) in [6.45, 7) is 1.09. The summed E-state index contributed by atoms with van der Waals surface area (Å²) in [7, 11) is 1.63. The van der Waals surface area contributed by atoms with Gasteiger partial charge in [0.25, 0.3) is 5.91 Å². The molecule has 0 saturated heterocycles. The van der Waals surface area contributed by atoms with Crippen molar-refractivity contribution in [3.05, 3.63) is 57.0 Å². The van der Waals surface area contributed by atoms with E-state index in [2.05, 4.69) is 0 Å². The number of aromatic nitrogens is 1.